The van der Waals surface area contributed by atoms with Crippen molar-refractivity contribution in [3.8, 4) is 5.75 Å². The molecule has 4 heteroatoms. The monoisotopic (exact) mass is 263 g/mol. The molecule has 19 heavy (non-hydrogen) atoms. The quantitative estimate of drug-likeness (QED) is 0.862. The van der Waals surface area contributed by atoms with Gasteiger partial charge in [-0.2, -0.15) is 0 Å². The summed E-state index contributed by atoms with van der Waals surface area (Å²) in [5.74, 6) is 0.982. The molecule has 0 aliphatic carbocycles. The third-order valence-corrected chi connectivity index (χ3v) is 3.78. The van der Waals surface area contributed by atoms with E-state index in [1.165, 1.54) is 16.7 Å². The lowest BCUT2D eigenvalue weighted by Gasteiger charge is -2.36. The van der Waals surface area contributed by atoms with Crippen LogP contribution in [0.3, 0.4) is 0 Å². The molecule has 0 aromatic heterocycles. The molecule has 2 rings (SSSR count). The Labute approximate surface area is 116 Å². The Hall–Kier alpha value is -1.10. The molecule has 1 aliphatic rings. The van der Waals surface area contributed by atoms with Gasteiger partial charge < -0.3 is 15.4 Å². The largest absolute Gasteiger partial charge is 0.496 e. The summed E-state index contributed by atoms with van der Waals surface area (Å²) in [6.45, 7) is 8.48. The van der Waals surface area contributed by atoms with E-state index in [-0.39, 0.29) is 6.17 Å². The number of hydrogen-bond acceptors (Lipinski definition) is 4. The van der Waals surface area contributed by atoms with Crippen LogP contribution in [0.2, 0.25) is 0 Å². The zero-order valence-corrected chi connectivity index (χ0v) is 12.4. The van der Waals surface area contributed by atoms with Crippen molar-refractivity contribution in [3.05, 3.63) is 28.8 Å². The third-order valence-electron chi connectivity index (χ3n) is 3.78. The second-order valence-electron chi connectivity index (χ2n) is 5.17. The Morgan fingerprint density at radius 3 is 2.53 bits per heavy atom. The summed E-state index contributed by atoms with van der Waals surface area (Å²) in [4.78, 5) is 2.47. The smallest absolute Gasteiger partial charge is 0.125 e. The van der Waals surface area contributed by atoms with Gasteiger partial charge in [0.2, 0.25) is 0 Å². The van der Waals surface area contributed by atoms with Gasteiger partial charge in [-0.3, -0.25) is 4.90 Å². The molecule has 1 heterocycles. The molecule has 0 radical (unpaired) electrons. The number of piperazine rings is 1. The lowest BCUT2D eigenvalue weighted by molar-refractivity contribution is 0.150. The standard InChI is InChI=1S/C15H25N3O/c1-11-9-12(2)14(13(10-11)19-4)15(16-3)18-7-5-17-6-8-18/h9-10,15-17H,5-8H2,1-4H3. The Bertz CT molecular complexity index is 428. The van der Waals surface area contributed by atoms with E-state index >= 15 is 0 Å². The van der Waals surface area contributed by atoms with Gasteiger partial charge in [-0.1, -0.05) is 6.07 Å². The van der Waals surface area contributed by atoms with Crippen LogP contribution in [0.5, 0.6) is 5.75 Å². The number of ether oxygens (including phenoxy) is 1. The van der Waals surface area contributed by atoms with E-state index in [0.29, 0.717) is 0 Å². The average molecular weight is 263 g/mol. The van der Waals surface area contributed by atoms with Gasteiger partial charge in [-0.25, -0.2) is 0 Å². The summed E-state index contributed by atoms with van der Waals surface area (Å²) in [6.07, 6.45) is 0.220. The van der Waals surface area contributed by atoms with E-state index in [0.717, 1.165) is 31.9 Å². The Kier molecular flexibility index (Phi) is 4.80. The number of nitrogens with zero attached hydrogens (tertiary/aromatic N) is 1. The molecule has 106 valence electrons. The second-order valence-corrected chi connectivity index (χ2v) is 5.17. The molecule has 1 fully saturated rings. The van der Waals surface area contributed by atoms with Crippen LogP contribution in [-0.2, 0) is 0 Å². The zero-order valence-electron chi connectivity index (χ0n) is 12.4. The number of methoxy groups -OCH3 is 1. The molecular weight excluding hydrogens is 238 g/mol. The first kappa shape index (κ1) is 14.3. The van der Waals surface area contributed by atoms with Crippen LogP contribution in [0.15, 0.2) is 12.1 Å². The van der Waals surface area contributed by atoms with Crippen LogP contribution in [0.1, 0.15) is 22.9 Å². The zero-order chi connectivity index (χ0) is 13.8. The van der Waals surface area contributed by atoms with Crippen molar-refractivity contribution in [2.75, 3.05) is 40.3 Å². The SMILES string of the molecule is CNC(c1c(C)cc(C)cc1OC)N1CCNCC1. The van der Waals surface area contributed by atoms with Crippen molar-refractivity contribution >= 4 is 0 Å². The fraction of sp³-hybridized carbons (Fsp3) is 0.600. The molecule has 0 spiro atoms. The van der Waals surface area contributed by atoms with Gasteiger partial charge in [-0.15, -0.1) is 0 Å². The van der Waals surface area contributed by atoms with Crippen LogP contribution in [0.25, 0.3) is 0 Å². The van der Waals surface area contributed by atoms with E-state index in [1.54, 1.807) is 7.11 Å². The minimum Gasteiger partial charge on any atom is -0.496 e. The maximum absolute atomic E-state index is 5.60. The number of aryl methyl sites for hydroxylation is 2. The summed E-state index contributed by atoms with van der Waals surface area (Å²) in [7, 11) is 3.77. The van der Waals surface area contributed by atoms with E-state index in [4.69, 9.17) is 4.74 Å². The molecule has 1 aliphatic heterocycles. The molecule has 0 saturated carbocycles. The molecule has 2 N–H and O–H groups in total. The van der Waals surface area contributed by atoms with Gasteiger partial charge in [0.15, 0.2) is 0 Å². The predicted molar refractivity (Wildman–Crippen MR) is 78.7 cm³/mol. The summed E-state index contributed by atoms with van der Waals surface area (Å²) in [5, 5.41) is 6.84. The Morgan fingerprint density at radius 2 is 1.95 bits per heavy atom. The molecule has 1 atom stereocenters. The van der Waals surface area contributed by atoms with Gasteiger partial charge in [0.05, 0.1) is 13.3 Å². The first-order valence-corrected chi connectivity index (χ1v) is 6.94. The number of rotatable bonds is 4. The summed E-state index contributed by atoms with van der Waals surface area (Å²) in [5.41, 5.74) is 3.79. The lowest BCUT2D eigenvalue weighted by Crippen LogP contribution is -2.48. The van der Waals surface area contributed by atoms with Gasteiger partial charge >= 0.3 is 0 Å². The molecule has 1 unspecified atom stereocenters. The average Bonchev–Trinajstić information content (AvgIpc) is 2.42. The fourth-order valence-corrected chi connectivity index (χ4v) is 2.91. The van der Waals surface area contributed by atoms with E-state index < -0.39 is 0 Å². The highest BCUT2D eigenvalue weighted by Gasteiger charge is 2.25. The maximum Gasteiger partial charge on any atom is 0.125 e. The van der Waals surface area contributed by atoms with Gasteiger partial charge in [0.1, 0.15) is 5.75 Å². The van der Waals surface area contributed by atoms with Crippen molar-refractivity contribution in [1.29, 1.82) is 0 Å². The van der Waals surface area contributed by atoms with E-state index in [9.17, 15) is 0 Å². The normalized spacial score (nSPS) is 18.3. The van der Waals surface area contributed by atoms with Crippen molar-refractivity contribution < 1.29 is 4.74 Å². The molecule has 0 amide bonds. The van der Waals surface area contributed by atoms with Gasteiger partial charge in [0.25, 0.3) is 0 Å². The highest BCUT2D eigenvalue weighted by Crippen LogP contribution is 2.32. The van der Waals surface area contributed by atoms with Crippen LogP contribution in [0, 0.1) is 13.8 Å². The van der Waals surface area contributed by atoms with E-state index in [2.05, 4.69) is 41.5 Å². The number of hydrogen-bond donors (Lipinski definition) is 2. The summed E-state index contributed by atoms with van der Waals surface area (Å²) < 4.78 is 5.60. The second kappa shape index (κ2) is 6.37. The lowest BCUT2D eigenvalue weighted by atomic mass is 10.0. The molecule has 4 nitrogen and oxygen atoms in total. The van der Waals surface area contributed by atoms with Crippen molar-refractivity contribution in [2.24, 2.45) is 0 Å². The minimum atomic E-state index is 0.220. The number of benzene rings is 1. The maximum atomic E-state index is 5.60. The summed E-state index contributed by atoms with van der Waals surface area (Å²) >= 11 is 0. The predicted octanol–water partition coefficient (Wildman–Crippen LogP) is 1.44. The van der Waals surface area contributed by atoms with E-state index in [1.807, 2.05) is 7.05 Å². The third kappa shape index (κ3) is 3.08. The van der Waals surface area contributed by atoms with Crippen molar-refractivity contribution in [3.63, 3.8) is 0 Å². The van der Waals surface area contributed by atoms with Crippen LogP contribution in [-0.4, -0.2) is 45.2 Å². The topological polar surface area (TPSA) is 36.5 Å². The fourth-order valence-electron chi connectivity index (χ4n) is 2.91. The van der Waals surface area contributed by atoms with Crippen LogP contribution < -0.4 is 15.4 Å². The first-order chi connectivity index (χ1) is 9.17. The van der Waals surface area contributed by atoms with Crippen molar-refractivity contribution in [1.82, 2.24) is 15.5 Å². The highest BCUT2D eigenvalue weighted by molar-refractivity contribution is 5.45. The number of nitrogens with one attached hydrogen (secondary N) is 2. The van der Waals surface area contributed by atoms with Gasteiger partial charge in [0, 0.05) is 31.7 Å². The summed E-state index contributed by atoms with van der Waals surface area (Å²) in [6, 6.07) is 4.35. The van der Waals surface area contributed by atoms with Crippen LogP contribution >= 0.6 is 0 Å². The van der Waals surface area contributed by atoms with Crippen molar-refractivity contribution in [2.45, 2.75) is 20.0 Å². The molecule has 1 aromatic carbocycles. The highest BCUT2D eigenvalue weighted by atomic mass is 16.5. The molecular formula is C15H25N3O. The molecule has 1 saturated heterocycles. The minimum absolute atomic E-state index is 0.220. The van der Waals surface area contributed by atoms with Gasteiger partial charge in [-0.05, 0) is 38.1 Å². The Balaban J connectivity index is 2.36. The van der Waals surface area contributed by atoms with Crippen LogP contribution in [0.4, 0.5) is 0 Å². The Morgan fingerprint density at radius 1 is 1.26 bits per heavy atom. The molecule has 0 bridgehead atoms. The first-order valence-electron chi connectivity index (χ1n) is 6.94. The molecule has 1 aromatic rings.